The predicted molar refractivity (Wildman–Crippen MR) is 85.3 cm³/mol. The third-order valence-corrected chi connectivity index (χ3v) is 5.01. The van der Waals surface area contributed by atoms with E-state index in [9.17, 15) is 18.0 Å². The van der Waals surface area contributed by atoms with Crippen molar-refractivity contribution in [3.05, 3.63) is 21.9 Å². The number of hydrogen-bond acceptors (Lipinski definition) is 4. The molecule has 142 valence electrons. The molecule has 0 spiro atoms. The van der Waals surface area contributed by atoms with E-state index >= 15 is 0 Å². The first-order chi connectivity index (χ1) is 11.4. The van der Waals surface area contributed by atoms with E-state index in [1.54, 1.807) is 5.32 Å². The highest BCUT2D eigenvalue weighted by Crippen LogP contribution is 2.54. The summed E-state index contributed by atoms with van der Waals surface area (Å²) in [5, 5.41) is 1.83. The van der Waals surface area contributed by atoms with Crippen LogP contribution in [0.4, 0.5) is 13.2 Å². The van der Waals surface area contributed by atoms with Gasteiger partial charge in [0.1, 0.15) is 10.4 Å². The molecule has 0 aliphatic heterocycles. The standard InChI is InChI=1S/C14H15Cl3F3NO4/c1-23-9-7-5-12(16,17)4-6(7)8(15)10(24-2)13(9,25-3)21-11(22)14(18,19)20/h10H,4-5H2,1-3H3,(H,21,22). The largest absolute Gasteiger partial charge is 0.496 e. The first kappa shape index (κ1) is 20.6. The Morgan fingerprint density at radius 2 is 1.76 bits per heavy atom. The molecule has 2 aliphatic rings. The zero-order valence-corrected chi connectivity index (χ0v) is 15.7. The Balaban J connectivity index is 2.66. The number of methoxy groups -OCH3 is 3. The minimum absolute atomic E-state index is 0.0331. The van der Waals surface area contributed by atoms with Gasteiger partial charge in [0.15, 0.2) is 5.76 Å². The van der Waals surface area contributed by atoms with E-state index < -0.39 is 28.2 Å². The molecule has 2 atom stereocenters. The van der Waals surface area contributed by atoms with Crippen molar-refractivity contribution in [2.45, 2.75) is 35.2 Å². The van der Waals surface area contributed by atoms with Gasteiger partial charge in [-0.2, -0.15) is 13.2 Å². The van der Waals surface area contributed by atoms with E-state index in [4.69, 9.17) is 49.0 Å². The van der Waals surface area contributed by atoms with Crippen molar-refractivity contribution >= 4 is 40.7 Å². The lowest BCUT2D eigenvalue weighted by Gasteiger charge is -2.43. The number of carbonyl (C=O) groups excluding carboxylic acids is 1. The van der Waals surface area contributed by atoms with Gasteiger partial charge in [0.2, 0.25) is 5.72 Å². The van der Waals surface area contributed by atoms with E-state index in [0.29, 0.717) is 11.1 Å². The van der Waals surface area contributed by atoms with Crippen LogP contribution < -0.4 is 5.32 Å². The molecule has 2 aliphatic carbocycles. The van der Waals surface area contributed by atoms with Crippen LogP contribution in [0.3, 0.4) is 0 Å². The van der Waals surface area contributed by atoms with Gasteiger partial charge < -0.3 is 19.5 Å². The van der Waals surface area contributed by atoms with Gasteiger partial charge in [0, 0.05) is 32.6 Å². The molecule has 1 fully saturated rings. The fourth-order valence-electron chi connectivity index (χ4n) is 3.08. The van der Waals surface area contributed by atoms with Gasteiger partial charge in [0.25, 0.3) is 0 Å². The van der Waals surface area contributed by atoms with Crippen LogP contribution in [0, 0.1) is 0 Å². The quantitative estimate of drug-likeness (QED) is 0.555. The van der Waals surface area contributed by atoms with Crippen LogP contribution in [0.25, 0.3) is 0 Å². The van der Waals surface area contributed by atoms with Crippen LogP contribution in [0.1, 0.15) is 12.8 Å². The van der Waals surface area contributed by atoms with E-state index in [-0.39, 0.29) is 23.6 Å². The lowest BCUT2D eigenvalue weighted by Crippen LogP contribution is -2.64. The number of halogens is 6. The minimum atomic E-state index is -5.15. The average molecular weight is 425 g/mol. The maximum atomic E-state index is 12.8. The Labute approximate surface area is 157 Å². The highest BCUT2D eigenvalue weighted by Gasteiger charge is 2.58. The predicted octanol–water partition coefficient (Wildman–Crippen LogP) is 3.40. The zero-order valence-electron chi connectivity index (χ0n) is 13.4. The molecule has 0 heterocycles. The van der Waals surface area contributed by atoms with Gasteiger partial charge in [-0.25, -0.2) is 0 Å². The van der Waals surface area contributed by atoms with Crippen molar-refractivity contribution in [1.29, 1.82) is 0 Å². The summed E-state index contributed by atoms with van der Waals surface area (Å²) in [5.74, 6) is -2.33. The van der Waals surface area contributed by atoms with Gasteiger partial charge in [0.05, 0.1) is 12.1 Å². The Morgan fingerprint density at radius 1 is 1.20 bits per heavy atom. The Kier molecular flexibility index (Phi) is 5.62. The van der Waals surface area contributed by atoms with Crippen molar-refractivity contribution in [3.63, 3.8) is 0 Å². The normalized spacial score (nSPS) is 28.9. The summed E-state index contributed by atoms with van der Waals surface area (Å²) < 4.78 is 53.0. The average Bonchev–Trinajstić information content (AvgIpc) is 2.82. The highest BCUT2D eigenvalue weighted by atomic mass is 35.5. The maximum absolute atomic E-state index is 12.8. The molecule has 1 N–H and O–H groups in total. The molecule has 0 bridgehead atoms. The summed E-state index contributed by atoms with van der Waals surface area (Å²) in [4.78, 5) is 11.6. The monoisotopic (exact) mass is 423 g/mol. The van der Waals surface area contributed by atoms with Gasteiger partial charge in [-0.05, 0) is 5.57 Å². The van der Waals surface area contributed by atoms with E-state index in [1.165, 1.54) is 14.2 Å². The molecule has 2 rings (SSSR count). The zero-order chi connectivity index (χ0) is 19.2. The van der Waals surface area contributed by atoms with Crippen molar-refractivity contribution in [2.75, 3.05) is 21.3 Å². The molecule has 25 heavy (non-hydrogen) atoms. The van der Waals surface area contributed by atoms with Crippen LogP contribution in [0.15, 0.2) is 21.9 Å². The van der Waals surface area contributed by atoms with E-state index in [1.807, 2.05) is 0 Å². The number of carbonyl (C=O) groups is 1. The molecule has 5 nitrogen and oxygen atoms in total. The number of allylic oxidation sites excluding steroid dienone is 2. The molecular formula is C14H15Cl3F3NO4. The molecule has 0 aromatic carbocycles. The molecule has 0 aromatic heterocycles. The highest BCUT2D eigenvalue weighted by molar-refractivity contribution is 6.49. The van der Waals surface area contributed by atoms with Crippen molar-refractivity contribution in [1.82, 2.24) is 5.32 Å². The second kappa shape index (κ2) is 6.81. The van der Waals surface area contributed by atoms with Crippen LogP contribution in [0.5, 0.6) is 0 Å². The molecule has 0 radical (unpaired) electrons. The minimum Gasteiger partial charge on any atom is -0.496 e. The summed E-state index contributed by atoms with van der Waals surface area (Å²) >= 11 is 18.7. The molecular weight excluding hydrogens is 410 g/mol. The number of hydrogen-bond donors (Lipinski definition) is 1. The second-order valence-corrected chi connectivity index (χ2v) is 7.60. The number of alkyl halides is 5. The fraction of sp³-hybridized carbons (Fsp3) is 0.643. The van der Waals surface area contributed by atoms with Gasteiger partial charge in [-0.1, -0.05) is 11.6 Å². The summed E-state index contributed by atoms with van der Waals surface area (Å²) in [5.41, 5.74) is -1.26. The third kappa shape index (κ3) is 3.47. The van der Waals surface area contributed by atoms with Crippen LogP contribution in [-0.2, 0) is 19.0 Å². The van der Waals surface area contributed by atoms with Gasteiger partial charge in [-0.15, -0.1) is 23.2 Å². The molecule has 0 saturated heterocycles. The fourth-order valence-corrected chi connectivity index (χ4v) is 4.03. The number of ether oxygens (including phenoxy) is 3. The first-order valence-electron chi connectivity index (χ1n) is 6.95. The Morgan fingerprint density at radius 3 is 2.20 bits per heavy atom. The lowest BCUT2D eigenvalue weighted by molar-refractivity contribution is -0.189. The lowest BCUT2D eigenvalue weighted by atomic mass is 9.88. The van der Waals surface area contributed by atoms with Gasteiger partial charge >= 0.3 is 12.1 Å². The molecule has 0 aromatic rings. The smallest absolute Gasteiger partial charge is 0.471 e. The Hall–Kier alpha value is -0.670. The van der Waals surface area contributed by atoms with Crippen molar-refractivity contribution in [3.8, 4) is 0 Å². The molecule has 2 unspecified atom stereocenters. The summed E-state index contributed by atoms with van der Waals surface area (Å²) in [6, 6.07) is 0. The van der Waals surface area contributed by atoms with Crippen molar-refractivity contribution in [2.24, 2.45) is 0 Å². The second-order valence-electron chi connectivity index (χ2n) is 5.56. The third-order valence-electron chi connectivity index (χ3n) is 4.05. The maximum Gasteiger partial charge on any atom is 0.471 e. The van der Waals surface area contributed by atoms with Crippen molar-refractivity contribution < 1.29 is 32.2 Å². The van der Waals surface area contributed by atoms with E-state index in [0.717, 1.165) is 7.11 Å². The topological polar surface area (TPSA) is 56.8 Å². The van der Waals surface area contributed by atoms with Gasteiger partial charge in [-0.3, -0.25) is 4.79 Å². The number of fused-ring (bicyclic) bond motifs is 1. The van der Waals surface area contributed by atoms with Crippen LogP contribution in [0.2, 0.25) is 0 Å². The Bertz CT molecular complexity index is 648. The summed E-state index contributed by atoms with van der Waals surface area (Å²) in [6.45, 7) is 0. The molecule has 11 heteroatoms. The first-order valence-corrected chi connectivity index (χ1v) is 8.08. The summed E-state index contributed by atoms with van der Waals surface area (Å²) in [6.07, 6.45) is -6.25. The van der Waals surface area contributed by atoms with E-state index in [2.05, 4.69) is 0 Å². The molecule has 1 saturated carbocycles. The SMILES string of the molecule is COC1=C2CC(Cl)(Cl)CC2=C(Cl)C(OC)C1(NC(=O)C(F)(F)F)OC. The van der Waals surface area contributed by atoms with Crippen LogP contribution in [-0.4, -0.2) is 49.6 Å². The van der Waals surface area contributed by atoms with Crippen LogP contribution >= 0.6 is 34.8 Å². The summed E-state index contributed by atoms with van der Waals surface area (Å²) in [7, 11) is 3.53. The molecule has 1 amide bonds. The number of amides is 1. The number of nitrogens with one attached hydrogen (secondary N) is 1. The number of rotatable bonds is 4.